The van der Waals surface area contributed by atoms with Gasteiger partial charge in [-0.1, -0.05) is 6.07 Å². The minimum atomic E-state index is -2.04. The van der Waals surface area contributed by atoms with Gasteiger partial charge in [0.1, 0.15) is 36.6 Å². The third-order valence-corrected chi connectivity index (χ3v) is 5.13. The molecule has 1 aliphatic heterocycles. The molecule has 34 heavy (non-hydrogen) atoms. The van der Waals surface area contributed by atoms with E-state index in [1.807, 2.05) is 0 Å². The first-order chi connectivity index (χ1) is 16.0. The van der Waals surface area contributed by atoms with Gasteiger partial charge in [0.15, 0.2) is 30.2 Å². The lowest BCUT2D eigenvalue weighted by Crippen LogP contribution is -2.60. The molecular formula is C21H28O13. The van der Waals surface area contributed by atoms with Crippen LogP contribution in [0.4, 0.5) is 0 Å². The Morgan fingerprint density at radius 2 is 1.76 bits per heavy atom. The summed E-state index contributed by atoms with van der Waals surface area (Å²) in [5.74, 6) is -1.95. The van der Waals surface area contributed by atoms with Gasteiger partial charge in [0.25, 0.3) is 0 Å². The number of aromatic hydroxyl groups is 2. The lowest BCUT2D eigenvalue weighted by Gasteiger charge is -2.41. The predicted molar refractivity (Wildman–Crippen MR) is 111 cm³/mol. The second kappa shape index (κ2) is 12.2. The number of aliphatic hydroxyl groups excluding tert-OH is 6. The number of esters is 1. The Morgan fingerprint density at radius 1 is 1.09 bits per heavy atom. The largest absolute Gasteiger partial charge is 0.504 e. The molecule has 0 amide bonds. The van der Waals surface area contributed by atoms with E-state index in [4.69, 9.17) is 14.2 Å². The van der Waals surface area contributed by atoms with Gasteiger partial charge in [-0.05, 0) is 30.7 Å². The van der Waals surface area contributed by atoms with E-state index >= 15 is 0 Å². The van der Waals surface area contributed by atoms with Crippen molar-refractivity contribution in [1.82, 2.24) is 0 Å². The third-order valence-electron chi connectivity index (χ3n) is 5.13. The van der Waals surface area contributed by atoms with E-state index in [9.17, 15) is 50.4 Å². The summed E-state index contributed by atoms with van der Waals surface area (Å²) < 4.78 is 15.7. The minimum Gasteiger partial charge on any atom is -0.504 e. The highest BCUT2D eigenvalue weighted by Gasteiger charge is 2.46. The molecule has 9 atom stereocenters. The van der Waals surface area contributed by atoms with Crippen LogP contribution in [0.5, 0.6) is 11.5 Å². The topological polar surface area (TPSA) is 224 Å². The maximum atomic E-state index is 12.3. The number of hydrogen-bond acceptors (Lipinski definition) is 13. The number of benzene rings is 1. The van der Waals surface area contributed by atoms with Crippen LogP contribution in [0.1, 0.15) is 12.5 Å². The normalized spacial score (nSPS) is 28.7. The number of carbonyl (C=O) groups excluding carboxylic acids is 2. The highest BCUT2D eigenvalue weighted by atomic mass is 16.7. The van der Waals surface area contributed by atoms with Crippen LogP contribution in [0.15, 0.2) is 24.3 Å². The lowest BCUT2D eigenvalue weighted by molar-refractivity contribution is -0.319. The van der Waals surface area contributed by atoms with Crippen LogP contribution in [0, 0.1) is 0 Å². The molecule has 0 bridgehead atoms. The Bertz CT molecular complexity index is 859. The monoisotopic (exact) mass is 488 g/mol. The molecule has 0 spiro atoms. The Hall–Kier alpha value is -2.62. The van der Waals surface area contributed by atoms with Crippen molar-refractivity contribution in [2.24, 2.45) is 0 Å². The molecule has 1 aromatic carbocycles. The lowest BCUT2D eigenvalue weighted by atomic mass is 9.99. The van der Waals surface area contributed by atoms with E-state index in [1.54, 1.807) is 0 Å². The van der Waals surface area contributed by atoms with Crippen molar-refractivity contribution in [3.63, 3.8) is 0 Å². The Kier molecular flexibility index (Phi) is 9.90. The molecule has 0 aliphatic carbocycles. The van der Waals surface area contributed by atoms with Crippen LogP contribution in [-0.4, -0.2) is 115 Å². The third kappa shape index (κ3) is 6.71. The molecule has 1 aliphatic rings. The van der Waals surface area contributed by atoms with Crippen molar-refractivity contribution in [3.05, 3.63) is 29.8 Å². The number of carbonyl (C=O) groups is 2. The Balaban J connectivity index is 2.23. The maximum absolute atomic E-state index is 12.3. The van der Waals surface area contributed by atoms with Crippen molar-refractivity contribution >= 4 is 18.3 Å². The van der Waals surface area contributed by atoms with Gasteiger partial charge < -0.3 is 59.9 Å². The first-order valence-electron chi connectivity index (χ1n) is 10.2. The first kappa shape index (κ1) is 27.6. The molecule has 1 aromatic rings. The smallest absolute Gasteiger partial charge is 0.331 e. The number of ether oxygens (including phenoxy) is 3. The fourth-order valence-electron chi connectivity index (χ4n) is 3.16. The second-order valence-corrected chi connectivity index (χ2v) is 7.64. The molecular weight excluding hydrogens is 460 g/mol. The number of aldehydes is 1. The molecule has 0 radical (unpaired) electrons. The van der Waals surface area contributed by atoms with E-state index in [-0.39, 0.29) is 17.6 Å². The van der Waals surface area contributed by atoms with Crippen molar-refractivity contribution < 1.29 is 64.7 Å². The van der Waals surface area contributed by atoms with Gasteiger partial charge >= 0.3 is 5.97 Å². The maximum Gasteiger partial charge on any atom is 0.331 e. The summed E-state index contributed by atoms with van der Waals surface area (Å²) in [5.41, 5.74) is 0.285. The van der Waals surface area contributed by atoms with Crippen LogP contribution in [0.3, 0.4) is 0 Å². The average Bonchev–Trinajstić information content (AvgIpc) is 2.82. The summed E-state index contributed by atoms with van der Waals surface area (Å²) in [6.07, 6.45) is -13.3. The summed E-state index contributed by atoms with van der Waals surface area (Å²) >= 11 is 0. The van der Waals surface area contributed by atoms with Gasteiger partial charge in [0, 0.05) is 6.08 Å². The average molecular weight is 488 g/mol. The fourth-order valence-corrected chi connectivity index (χ4v) is 3.16. The molecule has 8 N–H and O–H groups in total. The van der Waals surface area contributed by atoms with Gasteiger partial charge in [-0.25, -0.2) is 4.79 Å². The molecule has 1 fully saturated rings. The SMILES string of the molecule is C[C@@H]1O[C@@H](O[C@@H]([C@H](OC(=O)/C=C/c2ccc(O)c(O)c2)[C@H](O)CO)[C@@H](O)C=O)[C@H](O)[C@H](O)[C@H]1O. The standard InChI is InChI=1S/C21H28O13/c1-9-16(29)17(30)18(31)21(32-9)34-20(14(27)8-23)19(13(26)7-22)33-15(28)5-3-10-2-4-11(24)12(25)6-10/h2-6,8-9,13-14,16-22,24-27,29-31H,7H2,1H3/b5-3+/t9-,13+,14-,16-,17+,18+,19+,20+,21-/m0/s1. The van der Waals surface area contributed by atoms with Gasteiger partial charge in [-0.2, -0.15) is 0 Å². The molecule has 13 nitrogen and oxygen atoms in total. The van der Waals surface area contributed by atoms with E-state index in [0.717, 1.165) is 12.1 Å². The number of phenols is 2. The molecule has 2 rings (SSSR count). The van der Waals surface area contributed by atoms with Crippen LogP contribution in [-0.2, 0) is 23.8 Å². The molecule has 1 heterocycles. The van der Waals surface area contributed by atoms with E-state index in [2.05, 4.69) is 0 Å². The molecule has 190 valence electrons. The van der Waals surface area contributed by atoms with Gasteiger partial charge in [0.2, 0.25) is 0 Å². The summed E-state index contributed by atoms with van der Waals surface area (Å²) in [7, 11) is 0. The van der Waals surface area contributed by atoms with Crippen LogP contribution < -0.4 is 0 Å². The number of aliphatic hydroxyl groups is 6. The van der Waals surface area contributed by atoms with Crippen LogP contribution in [0.2, 0.25) is 0 Å². The summed E-state index contributed by atoms with van der Waals surface area (Å²) in [6.45, 7) is 0.373. The fraction of sp³-hybridized carbons (Fsp3) is 0.524. The highest BCUT2D eigenvalue weighted by molar-refractivity contribution is 5.87. The van der Waals surface area contributed by atoms with Crippen molar-refractivity contribution in [2.45, 2.75) is 62.0 Å². The molecule has 1 saturated heterocycles. The van der Waals surface area contributed by atoms with Gasteiger partial charge in [-0.15, -0.1) is 0 Å². The van der Waals surface area contributed by atoms with Crippen LogP contribution in [0.25, 0.3) is 6.08 Å². The zero-order valence-electron chi connectivity index (χ0n) is 18.0. The van der Waals surface area contributed by atoms with Crippen molar-refractivity contribution in [3.8, 4) is 11.5 Å². The second-order valence-electron chi connectivity index (χ2n) is 7.64. The highest BCUT2D eigenvalue weighted by Crippen LogP contribution is 2.27. The molecule has 0 aromatic heterocycles. The first-order valence-corrected chi connectivity index (χ1v) is 10.2. The molecule has 0 saturated carbocycles. The molecule has 0 unspecified atom stereocenters. The Labute approximate surface area is 193 Å². The number of phenolic OH excluding ortho intramolecular Hbond substituents is 2. The van der Waals surface area contributed by atoms with E-state index < -0.39 is 73.4 Å². The predicted octanol–water partition coefficient (Wildman–Crippen LogP) is -2.85. The summed E-state index contributed by atoms with van der Waals surface area (Å²) in [5, 5.41) is 78.3. The minimum absolute atomic E-state index is 0.00539. The Morgan fingerprint density at radius 3 is 2.35 bits per heavy atom. The van der Waals surface area contributed by atoms with E-state index in [1.165, 1.54) is 25.1 Å². The van der Waals surface area contributed by atoms with Crippen molar-refractivity contribution in [2.75, 3.05) is 6.61 Å². The number of rotatable bonds is 10. The molecule has 13 heteroatoms. The zero-order chi connectivity index (χ0) is 25.6. The quantitative estimate of drug-likeness (QED) is 0.0719. The van der Waals surface area contributed by atoms with Gasteiger partial charge in [0.05, 0.1) is 12.7 Å². The van der Waals surface area contributed by atoms with Crippen molar-refractivity contribution in [1.29, 1.82) is 0 Å². The summed E-state index contributed by atoms with van der Waals surface area (Å²) in [4.78, 5) is 23.6. The number of hydrogen-bond donors (Lipinski definition) is 8. The zero-order valence-corrected chi connectivity index (χ0v) is 18.0. The van der Waals surface area contributed by atoms with E-state index in [0.29, 0.717) is 0 Å². The van der Waals surface area contributed by atoms with Gasteiger partial charge in [-0.3, -0.25) is 0 Å². The van der Waals surface area contributed by atoms with Crippen LogP contribution >= 0.6 is 0 Å². The summed E-state index contributed by atoms with van der Waals surface area (Å²) in [6, 6.07) is 3.68.